The van der Waals surface area contributed by atoms with Crippen molar-refractivity contribution in [2.45, 2.75) is 154 Å². The van der Waals surface area contributed by atoms with Crippen molar-refractivity contribution in [2.24, 2.45) is 11.8 Å². The molecule has 46 heavy (non-hydrogen) atoms. The number of rotatable bonds is 7. The van der Waals surface area contributed by atoms with Crippen molar-refractivity contribution in [1.29, 1.82) is 0 Å². The van der Waals surface area contributed by atoms with Crippen LogP contribution < -0.4 is 0 Å². The second-order valence-corrected chi connectivity index (χ2v) is 23.3. The molecule has 0 aromatic heterocycles. The summed E-state index contributed by atoms with van der Waals surface area (Å²) in [7, 11) is -1.21. The van der Waals surface area contributed by atoms with Crippen LogP contribution in [0.25, 0.3) is 0 Å². The fraction of sp³-hybridized carbons (Fsp3) is 0.659. The monoisotopic (exact) mass is 648 g/mol. The Labute approximate surface area is 282 Å². The quantitative estimate of drug-likeness (QED) is 0.240. The minimum absolute atomic E-state index is 0.00834. The Morgan fingerprint density at radius 3 is 1.59 bits per heavy atom. The molecule has 0 radical (unpaired) electrons. The van der Waals surface area contributed by atoms with Gasteiger partial charge in [-0.15, -0.1) is 0 Å². The van der Waals surface area contributed by atoms with Crippen LogP contribution >= 0.6 is 0 Å². The normalized spacial score (nSPS) is 25.6. The third-order valence-electron chi connectivity index (χ3n) is 10.9. The predicted octanol–water partition coefficient (Wildman–Crippen LogP) is 10.8. The van der Waals surface area contributed by atoms with Gasteiger partial charge in [-0.3, -0.25) is 9.59 Å². The van der Waals surface area contributed by atoms with Crippen molar-refractivity contribution in [3.8, 4) is 0 Å². The van der Waals surface area contributed by atoms with Crippen molar-refractivity contribution < 1.29 is 19.4 Å². The Morgan fingerprint density at radius 1 is 0.761 bits per heavy atom. The molecule has 0 amide bonds. The summed E-state index contributed by atoms with van der Waals surface area (Å²) in [5.41, 5.74) is 3.62. The lowest BCUT2D eigenvalue weighted by atomic mass is 9.62. The molecule has 0 spiro atoms. The highest BCUT2D eigenvalue weighted by atomic mass is 28.3. The Hall–Kier alpha value is -2.40. The number of carbonyl (C=O) groups excluding carboxylic acids is 1. The van der Waals surface area contributed by atoms with Gasteiger partial charge in [0.15, 0.2) is 0 Å². The Kier molecular flexibility index (Phi) is 12.2. The van der Waals surface area contributed by atoms with E-state index in [1.54, 1.807) is 0 Å². The maximum absolute atomic E-state index is 13.4. The van der Waals surface area contributed by atoms with Gasteiger partial charge in [0, 0.05) is 8.07 Å². The molecule has 2 aliphatic rings. The first-order chi connectivity index (χ1) is 21.2. The van der Waals surface area contributed by atoms with Crippen LogP contribution in [-0.4, -0.2) is 31.7 Å². The standard InChI is InChI=1S/C23H38O2Si.C18H26O2/c1-18-11-8-9-14-23(18,21(24)25-15-16-26(5,6)7)20-13-10-12-19(17-20)22(2,3)4;1-13-8-5-6-11-18(13,16(19)20)15-10-7-9-14(12-15)17(2,3)4/h10,12-13,17-18H,8-9,11,14-16H2,1-7H3;7,9-10,12-13H,5-6,8,11H2,1-4H3,(H,19,20). The van der Waals surface area contributed by atoms with Crippen molar-refractivity contribution in [1.82, 2.24) is 0 Å². The van der Waals surface area contributed by atoms with Crippen LogP contribution in [-0.2, 0) is 36.0 Å². The minimum Gasteiger partial charge on any atom is -0.481 e. The number of esters is 1. The van der Waals surface area contributed by atoms with Crippen molar-refractivity contribution in [2.75, 3.05) is 6.61 Å². The predicted molar refractivity (Wildman–Crippen MR) is 196 cm³/mol. The topological polar surface area (TPSA) is 63.6 Å². The highest BCUT2D eigenvalue weighted by molar-refractivity contribution is 6.76. The highest BCUT2D eigenvalue weighted by Crippen LogP contribution is 2.46. The summed E-state index contributed by atoms with van der Waals surface area (Å²) in [4.78, 5) is 25.4. The van der Waals surface area contributed by atoms with E-state index in [9.17, 15) is 14.7 Å². The molecule has 0 aliphatic heterocycles. The zero-order chi connectivity index (χ0) is 34.6. The largest absolute Gasteiger partial charge is 0.481 e. The van der Waals surface area contributed by atoms with E-state index in [4.69, 9.17) is 4.74 Å². The summed E-state index contributed by atoms with van der Waals surface area (Å²) in [5, 5.41) is 9.91. The van der Waals surface area contributed by atoms with Crippen LogP contribution in [0.15, 0.2) is 48.5 Å². The number of carbonyl (C=O) groups is 2. The summed E-state index contributed by atoms with van der Waals surface area (Å²) in [5.74, 6) is -0.125. The molecule has 2 aromatic rings. The summed E-state index contributed by atoms with van der Waals surface area (Å²) in [6.45, 7) is 25.1. The van der Waals surface area contributed by atoms with Gasteiger partial charge in [-0.05, 0) is 76.6 Å². The number of ether oxygens (including phenoxy) is 1. The van der Waals surface area contributed by atoms with Crippen LogP contribution in [0, 0.1) is 11.8 Å². The van der Waals surface area contributed by atoms with E-state index in [0.717, 1.165) is 62.1 Å². The van der Waals surface area contributed by atoms with Crippen molar-refractivity contribution in [3.63, 3.8) is 0 Å². The maximum atomic E-state index is 13.4. The molecule has 2 aromatic carbocycles. The lowest BCUT2D eigenvalue weighted by Gasteiger charge is -2.41. The SMILES string of the molecule is CC1CCCCC1(C(=O)O)c1cccc(C(C)(C)C)c1.CC1CCCCC1(C(=O)OCC[Si](C)(C)C)c1cccc(C(C)(C)C)c1. The summed E-state index contributed by atoms with van der Waals surface area (Å²) in [6, 6.07) is 18.0. The Morgan fingerprint density at radius 2 is 1.20 bits per heavy atom. The van der Waals surface area contributed by atoms with Crippen LogP contribution in [0.1, 0.15) is 129 Å². The van der Waals surface area contributed by atoms with Gasteiger partial charge in [0.1, 0.15) is 0 Å². The van der Waals surface area contributed by atoms with Crippen molar-refractivity contribution >= 4 is 20.0 Å². The lowest BCUT2D eigenvalue weighted by Crippen LogP contribution is -2.45. The molecule has 2 saturated carbocycles. The van der Waals surface area contributed by atoms with E-state index >= 15 is 0 Å². The van der Waals surface area contributed by atoms with Gasteiger partial charge in [-0.1, -0.05) is 149 Å². The number of benzene rings is 2. The second-order valence-electron chi connectivity index (χ2n) is 17.6. The van der Waals surface area contributed by atoms with E-state index in [1.165, 1.54) is 17.5 Å². The summed E-state index contributed by atoms with van der Waals surface area (Å²) in [6.07, 6.45) is 8.25. The summed E-state index contributed by atoms with van der Waals surface area (Å²) < 4.78 is 5.91. The van der Waals surface area contributed by atoms with Gasteiger partial charge in [0.2, 0.25) is 0 Å². The average Bonchev–Trinajstić information content (AvgIpc) is 2.96. The van der Waals surface area contributed by atoms with E-state index in [0.29, 0.717) is 12.5 Å². The van der Waals surface area contributed by atoms with E-state index in [1.807, 2.05) is 12.1 Å². The van der Waals surface area contributed by atoms with Gasteiger partial charge in [-0.25, -0.2) is 0 Å². The van der Waals surface area contributed by atoms with Gasteiger partial charge in [-0.2, -0.15) is 0 Å². The number of hydrogen-bond acceptors (Lipinski definition) is 3. The third kappa shape index (κ3) is 8.73. The van der Waals surface area contributed by atoms with Crippen molar-refractivity contribution in [3.05, 3.63) is 70.8 Å². The van der Waals surface area contributed by atoms with Gasteiger partial charge >= 0.3 is 11.9 Å². The van der Waals surface area contributed by atoms with Crippen LogP contribution in [0.2, 0.25) is 25.7 Å². The summed E-state index contributed by atoms with van der Waals surface area (Å²) >= 11 is 0. The van der Waals surface area contributed by atoms with Gasteiger partial charge < -0.3 is 9.84 Å². The fourth-order valence-corrected chi connectivity index (χ4v) is 8.23. The highest BCUT2D eigenvalue weighted by Gasteiger charge is 2.48. The molecule has 4 nitrogen and oxygen atoms in total. The maximum Gasteiger partial charge on any atom is 0.316 e. The lowest BCUT2D eigenvalue weighted by molar-refractivity contribution is -0.154. The van der Waals surface area contributed by atoms with Crippen LogP contribution in [0.3, 0.4) is 0 Å². The van der Waals surface area contributed by atoms with Crippen LogP contribution in [0.5, 0.6) is 0 Å². The number of carboxylic acids is 1. The number of hydrogen-bond donors (Lipinski definition) is 1. The number of aliphatic carboxylic acids is 1. The Balaban J connectivity index is 0.000000259. The molecular weight excluding hydrogens is 585 g/mol. The molecular formula is C41H64O4Si. The first kappa shape index (κ1) is 38.0. The number of carboxylic acid groups (broad SMARTS) is 1. The average molecular weight is 649 g/mol. The Bertz CT molecular complexity index is 1330. The van der Waals surface area contributed by atoms with Gasteiger partial charge in [0.05, 0.1) is 17.4 Å². The molecule has 4 atom stereocenters. The molecule has 2 aliphatic carbocycles. The zero-order valence-corrected chi connectivity index (χ0v) is 32.0. The third-order valence-corrected chi connectivity index (χ3v) is 12.6. The first-order valence-electron chi connectivity index (χ1n) is 17.9. The second kappa shape index (κ2) is 14.8. The van der Waals surface area contributed by atoms with Crippen LogP contribution in [0.4, 0.5) is 0 Å². The molecule has 4 rings (SSSR count). The molecule has 5 heteroatoms. The molecule has 1 N–H and O–H groups in total. The molecule has 0 bridgehead atoms. The molecule has 0 heterocycles. The van der Waals surface area contributed by atoms with E-state index < -0.39 is 24.9 Å². The van der Waals surface area contributed by atoms with E-state index in [2.05, 4.69) is 111 Å². The van der Waals surface area contributed by atoms with Gasteiger partial charge in [0.25, 0.3) is 0 Å². The van der Waals surface area contributed by atoms with E-state index in [-0.39, 0.29) is 22.7 Å². The molecule has 4 unspecified atom stereocenters. The minimum atomic E-state index is -1.21. The molecule has 2 fully saturated rings. The smallest absolute Gasteiger partial charge is 0.316 e. The first-order valence-corrected chi connectivity index (χ1v) is 21.6. The molecule has 0 saturated heterocycles. The molecule has 256 valence electrons. The fourth-order valence-electron chi connectivity index (χ4n) is 7.52. The zero-order valence-electron chi connectivity index (χ0n) is 31.0.